The Bertz CT molecular complexity index is 623. The Kier molecular flexibility index (Phi) is 4.37. The summed E-state index contributed by atoms with van der Waals surface area (Å²) in [7, 11) is 0. The highest BCUT2D eigenvalue weighted by atomic mass is 19.4. The van der Waals surface area contributed by atoms with E-state index in [0.717, 1.165) is 56.7 Å². The molecular formula is C17H21F4N3O. The Hall–Kier alpha value is -1.38. The van der Waals surface area contributed by atoms with Crippen LogP contribution in [0.4, 0.5) is 17.6 Å². The number of alkyl halides is 3. The molecule has 4 nitrogen and oxygen atoms in total. The van der Waals surface area contributed by atoms with Crippen molar-refractivity contribution in [1.29, 1.82) is 0 Å². The molecule has 0 radical (unpaired) electrons. The number of piperidine rings is 1. The first kappa shape index (κ1) is 17.1. The van der Waals surface area contributed by atoms with Crippen molar-refractivity contribution in [2.24, 2.45) is 17.8 Å². The van der Waals surface area contributed by atoms with Crippen molar-refractivity contribution in [2.45, 2.75) is 18.9 Å². The van der Waals surface area contributed by atoms with Gasteiger partial charge in [-0.1, -0.05) is 6.07 Å². The first-order valence-corrected chi connectivity index (χ1v) is 8.60. The number of hydrogen-bond donors (Lipinski definition) is 2. The lowest BCUT2D eigenvalue weighted by atomic mass is 10.1. The molecule has 2 saturated heterocycles. The molecular weight excluding hydrogens is 338 g/mol. The van der Waals surface area contributed by atoms with Crippen LogP contribution in [0.25, 0.3) is 0 Å². The van der Waals surface area contributed by atoms with Gasteiger partial charge in [-0.2, -0.15) is 0 Å². The summed E-state index contributed by atoms with van der Waals surface area (Å²) in [5, 5.41) is 6.58. The topological polar surface area (TPSA) is 36.5 Å². The van der Waals surface area contributed by atoms with Crippen LogP contribution in [-0.2, 0) is 6.54 Å². The average Bonchev–Trinajstić information content (AvgIpc) is 2.92. The third kappa shape index (κ3) is 3.75. The van der Waals surface area contributed by atoms with Crippen molar-refractivity contribution in [3.05, 3.63) is 29.6 Å². The van der Waals surface area contributed by atoms with Gasteiger partial charge in [0.05, 0.1) is 0 Å². The Balaban J connectivity index is 1.23. The van der Waals surface area contributed by atoms with E-state index in [0.29, 0.717) is 24.1 Å². The second kappa shape index (κ2) is 6.41. The Morgan fingerprint density at radius 2 is 1.92 bits per heavy atom. The fourth-order valence-electron chi connectivity index (χ4n) is 4.06. The normalized spacial score (nSPS) is 29.4. The molecule has 3 aliphatic rings. The minimum absolute atomic E-state index is 0.403. The monoisotopic (exact) mass is 359 g/mol. The van der Waals surface area contributed by atoms with Crippen LogP contribution in [0.3, 0.4) is 0 Å². The van der Waals surface area contributed by atoms with Gasteiger partial charge in [-0.25, -0.2) is 4.39 Å². The SMILES string of the molecule is Fc1ccc(CNCC2C3CN(C4CNC4)CC23)cc1OC(F)(F)F. The van der Waals surface area contributed by atoms with E-state index in [9.17, 15) is 17.6 Å². The lowest BCUT2D eigenvalue weighted by Crippen LogP contribution is -2.57. The highest BCUT2D eigenvalue weighted by Crippen LogP contribution is 2.51. The van der Waals surface area contributed by atoms with Crippen molar-refractivity contribution in [3.8, 4) is 5.75 Å². The molecule has 138 valence electrons. The summed E-state index contributed by atoms with van der Waals surface area (Å²) in [6.07, 6.45) is -4.89. The first-order chi connectivity index (χ1) is 11.9. The summed E-state index contributed by atoms with van der Waals surface area (Å²) in [5.74, 6) is 0.342. The van der Waals surface area contributed by atoms with Gasteiger partial charge in [0.1, 0.15) is 0 Å². The number of nitrogens with one attached hydrogen (secondary N) is 2. The maximum Gasteiger partial charge on any atom is 0.573 e. The molecule has 1 aromatic rings. The minimum Gasteiger partial charge on any atom is -0.403 e. The molecule has 2 aliphatic heterocycles. The second-order valence-electron chi connectivity index (χ2n) is 7.20. The average molecular weight is 359 g/mol. The van der Waals surface area contributed by atoms with Gasteiger partial charge < -0.3 is 15.4 Å². The number of halogens is 4. The van der Waals surface area contributed by atoms with E-state index >= 15 is 0 Å². The predicted molar refractivity (Wildman–Crippen MR) is 83.5 cm³/mol. The summed E-state index contributed by atoms with van der Waals surface area (Å²) < 4.78 is 53.9. The van der Waals surface area contributed by atoms with E-state index in [1.165, 1.54) is 6.07 Å². The number of rotatable bonds is 6. The van der Waals surface area contributed by atoms with Gasteiger partial charge >= 0.3 is 6.36 Å². The quantitative estimate of drug-likeness (QED) is 0.762. The van der Waals surface area contributed by atoms with Crippen LogP contribution in [0.5, 0.6) is 5.75 Å². The number of nitrogens with zero attached hydrogens (tertiary/aromatic N) is 1. The van der Waals surface area contributed by atoms with E-state index in [1.54, 1.807) is 0 Å². The van der Waals surface area contributed by atoms with E-state index in [-0.39, 0.29) is 0 Å². The molecule has 8 heteroatoms. The predicted octanol–water partition coefficient (Wildman–Crippen LogP) is 1.96. The lowest BCUT2D eigenvalue weighted by Gasteiger charge is -2.36. The standard InChI is InChI=1S/C17H21F4N3O/c18-15-2-1-10(3-16(15)25-17(19,20)21)4-22-7-12-13-8-24(9-14(12)13)11-5-23-6-11/h1-3,11-14,22-23H,4-9H2. The van der Waals surface area contributed by atoms with E-state index in [4.69, 9.17) is 0 Å². The van der Waals surface area contributed by atoms with Gasteiger partial charge in [-0.05, 0) is 42.0 Å². The third-order valence-corrected chi connectivity index (χ3v) is 5.61. The summed E-state index contributed by atoms with van der Waals surface area (Å²) in [6.45, 7) is 5.75. The van der Waals surface area contributed by atoms with Crippen LogP contribution in [0.1, 0.15) is 5.56 Å². The largest absolute Gasteiger partial charge is 0.573 e. The van der Waals surface area contributed by atoms with Gasteiger partial charge in [-0.3, -0.25) is 4.90 Å². The molecule has 0 bridgehead atoms. The van der Waals surface area contributed by atoms with Crippen molar-refractivity contribution >= 4 is 0 Å². The molecule has 0 spiro atoms. The molecule has 2 atom stereocenters. The molecule has 1 aromatic carbocycles. The smallest absolute Gasteiger partial charge is 0.403 e. The number of benzene rings is 1. The molecule has 1 saturated carbocycles. The molecule has 4 rings (SSSR count). The van der Waals surface area contributed by atoms with Crippen LogP contribution in [0.2, 0.25) is 0 Å². The molecule has 0 amide bonds. The van der Waals surface area contributed by atoms with E-state index in [2.05, 4.69) is 20.3 Å². The van der Waals surface area contributed by atoms with Gasteiger partial charge in [0.25, 0.3) is 0 Å². The zero-order valence-electron chi connectivity index (χ0n) is 13.7. The Morgan fingerprint density at radius 1 is 1.20 bits per heavy atom. The highest BCUT2D eigenvalue weighted by molar-refractivity contribution is 5.30. The molecule has 2 unspecified atom stereocenters. The number of ether oxygens (including phenoxy) is 1. The van der Waals surface area contributed by atoms with Crippen molar-refractivity contribution < 1.29 is 22.3 Å². The van der Waals surface area contributed by atoms with Crippen LogP contribution in [-0.4, -0.2) is 50.0 Å². The number of fused-ring (bicyclic) bond motifs is 1. The van der Waals surface area contributed by atoms with Crippen molar-refractivity contribution in [2.75, 3.05) is 32.7 Å². The van der Waals surface area contributed by atoms with Crippen molar-refractivity contribution in [1.82, 2.24) is 15.5 Å². The van der Waals surface area contributed by atoms with Crippen LogP contribution >= 0.6 is 0 Å². The fourth-order valence-corrected chi connectivity index (χ4v) is 4.06. The molecule has 25 heavy (non-hydrogen) atoms. The molecule has 0 aromatic heterocycles. The van der Waals surface area contributed by atoms with Crippen LogP contribution in [0, 0.1) is 23.6 Å². The van der Waals surface area contributed by atoms with E-state index < -0.39 is 17.9 Å². The van der Waals surface area contributed by atoms with Gasteiger partial charge in [0.2, 0.25) is 0 Å². The Labute approximate surface area is 143 Å². The zero-order valence-corrected chi connectivity index (χ0v) is 13.7. The van der Waals surface area contributed by atoms with E-state index in [1.807, 2.05) is 0 Å². The summed E-state index contributed by atoms with van der Waals surface area (Å²) in [4.78, 5) is 2.56. The van der Waals surface area contributed by atoms with Crippen molar-refractivity contribution in [3.63, 3.8) is 0 Å². The molecule has 2 heterocycles. The fraction of sp³-hybridized carbons (Fsp3) is 0.647. The molecule has 3 fully saturated rings. The summed E-state index contributed by atoms with van der Waals surface area (Å²) in [6, 6.07) is 4.29. The van der Waals surface area contributed by atoms with Crippen LogP contribution in [0.15, 0.2) is 18.2 Å². The van der Waals surface area contributed by atoms with Gasteiger partial charge in [0, 0.05) is 38.8 Å². The lowest BCUT2D eigenvalue weighted by molar-refractivity contribution is -0.275. The zero-order chi connectivity index (χ0) is 17.6. The maximum absolute atomic E-state index is 13.4. The second-order valence-corrected chi connectivity index (χ2v) is 7.20. The minimum atomic E-state index is -4.89. The number of hydrogen-bond acceptors (Lipinski definition) is 4. The first-order valence-electron chi connectivity index (χ1n) is 8.60. The highest BCUT2D eigenvalue weighted by Gasteiger charge is 2.56. The summed E-state index contributed by atoms with van der Waals surface area (Å²) >= 11 is 0. The van der Waals surface area contributed by atoms with Gasteiger partial charge in [-0.15, -0.1) is 13.2 Å². The molecule has 2 N–H and O–H groups in total. The van der Waals surface area contributed by atoms with Crippen LogP contribution < -0.4 is 15.4 Å². The van der Waals surface area contributed by atoms with Gasteiger partial charge in [0.15, 0.2) is 11.6 Å². The number of likely N-dealkylation sites (tertiary alicyclic amines) is 1. The summed E-state index contributed by atoms with van der Waals surface area (Å²) in [5.41, 5.74) is 0.577. The molecule has 1 aliphatic carbocycles. The Morgan fingerprint density at radius 3 is 2.52 bits per heavy atom. The maximum atomic E-state index is 13.4. The third-order valence-electron chi connectivity index (χ3n) is 5.61.